The van der Waals surface area contributed by atoms with Crippen molar-refractivity contribution in [2.24, 2.45) is 17.8 Å². The molecule has 4 aliphatic rings. The lowest BCUT2D eigenvalue weighted by molar-refractivity contribution is -0.142. The number of nitrogens with one attached hydrogen (secondary N) is 3. The van der Waals surface area contributed by atoms with Gasteiger partial charge in [-0.05, 0) is 75.7 Å². The second-order valence-corrected chi connectivity index (χ2v) is 17.5. The number of carbonyl (C=O) groups excluding carboxylic acids is 3. The normalized spacial score (nSPS) is 30.6. The van der Waals surface area contributed by atoms with E-state index < -0.39 is 80.8 Å². The van der Waals surface area contributed by atoms with Crippen molar-refractivity contribution in [2.45, 2.75) is 107 Å². The topological polar surface area (TPSA) is 193 Å². The molecular weight excluding hydrogens is 709 g/mol. The monoisotopic (exact) mass is 757 g/mol. The van der Waals surface area contributed by atoms with Crippen LogP contribution in [0.4, 0.5) is 9.18 Å². The van der Waals surface area contributed by atoms with E-state index >= 15 is 0 Å². The number of pyridine rings is 1. The zero-order chi connectivity index (χ0) is 38.3. The fourth-order valence-corrected chi connectivity index (χ4v) is 9.00. The lowest BCUT2D eigenvalue weighted by atomic mass is 9.88. The number of allylic oxidation sites excluding steroid dienone is 1. The van der Waals surface area contributed by atoms with Gasteiger partial charge in [-0.25, -0.2) is 17.6 Å². The van der Waals surface area contributed by atoms with Crippen molar-refractivity contribution in [3.8, 4) is 11.8 Å². The van der Waals surface area contributed by atoms with Gasteiger partial charge in [-0.3, -0.25) is 19.1 Å². The lowest BCUT2D eigenvalue weighted by Crippen LogP contribution is -2.59. The standard InChI is InChI=1S/C37H48FN5O9S/c1-21(2)51-29-16-24-10-6-8-12-27(24)32(39-29)52-26-17-28-31(44)41-37(34(46)42-53(49,50)36(20-38)13-14-36)18-25(37)11-7-5-9-22(3)15-23(4)30(40-35(47)48)33(45)43(28)19-26/h6-8,10-12,16,21-23,25-26,28,30,40H,5,9,13-15,17-20H2,1-4H3,(H,41,44)(H,42,46)(H,47,48)/b11-7-/t22-,23-,25-,26-,28+,30+,37-/m1/s1. The molecule has 1 saturated heterocycles. The highest BCUT2D eigenvalue weighted by atomic mass is 32.2. The Kier molecular flexibility index (Phi) is 10.6. The van der Waals surface area contributed by atoms with Crippen molar-refractivity contribution in [2.75, 3.05) is 13.2 Å². The van der Waals surface area contributed by atoms with Crippen LogP contribution >= 0.6 is 0 Å². The third kappa shape index (κ3) is 7.92. The van der Waals surface area contributed by atoms with E-state index in [0.717, 1.165) is 5.39 Å². The first kappa shape index (κ1) is 38.3. The molecule has 0 bridgehead atoms. The summed E-state index contributed by atoms with van der Waals surface area (Å²) < 4.78 is 52.7. The summed E-state index contributed by atoms with van der Waals surface area (Å²) in [6.07, 6.45) is 3.30. The van der Waals surface area contributed by atoms with Gasteiger partial charge >= 0.3 is 6.09 Å². The summed E-state index contributed by atoms with van der Waals surface area (Å²) in [6, 6.07) is 6.74. The molecule has 3 heterocycles. The van der Waals surface area contributed by atoms with E-state index in [1.807, 2.05) is 51.1 Å². The number of halogens is 1. The fraction of sp³-hybridized carbons (Fsp3) is 0.595. The summed E-state index contributed by atoms with van der Waals surface area (Å²) in [5.74, 6) is -2.71. The van der Waals surface area contributed by atoms with E-state index in [1.165, 1.54) is 4.90 Å². The molecule has 2 saturated carbocycles. The molecule has 2 aromatic rings. The Labute approximate surface area is 308 Å². The van der Waals surface area contributed by atoms with Gasteiger partial charge < -0.3 is 30.1 Å². The zero-order valence-corrected chi connectivity index (χ0v) is 31.2. The van der Waals surface area contributed by atoms with Crippen LogP contribution in [0, 0.1) is 17.8 Å². The molecule has 0 spiro atoms. The first-order valence-corrected chi connectivity index (χ1v) is 19.7. The molecule has 2 aliphatic heterocycles. The highest BCUT2D eigenvalue weighted by Gasteiger charge is 2.64. The number of aromatic nitrogens is 1. The Morgan fingerprint density at radius 1 is 1.17 bits per heavy atom. The van der Waals surface area contributed by atoms with Crippen LogP contribution in [0.5, 0.6) is 11.8 Å². The molecule has 53 heavy (non-hydrogen) atoms. The summed E-state index contributed by atoms with van der Waals surface area (Å²) in [5, 5.41) is 16.4. The summed E-state index contributed by atoms with van der Waals surface area (Å²) in [7, 11) is -4.39. The maximum absolute atomic E-state index is 14.4. The van der Waals surface area contributed by atoms with Gasteiger partial charge in [-0.1, -0.05) is 44.2 Å². The number of amides is 4. The number of nitrogens with zero attached hydrogens (tertiary/aromatic N) is 2. The third-order valence-electron chi connectivity index (χ3n) is 10.9. The molecule has 0 unspecified atom stereocenters. The molecule has 7 atom stereocenters. The van der Waals surface area contributed by atoms with Crippen molar-refractivity contribution in [1.82, 2.24) is 25.2 Å². The number of hydrogen-bond donors (Lipinski definition) is 4. The van der Waals surface area contributed by atoms with Crippen molar-refractivity contribution in [3.05, 3.63) is 42.5 Å². The summed E-state index contributed by atoms with van der Waals surface area (Å²) >= 11 is 0. The molecule has 1 aromatic carbocycles. The summed E-state index contributed by atoms with van der Waals surface area (Å²) in [6.45, 7) is 6.26. The van der Waals surface area contributed by atoms with Crippen molar-refractivity contribution >= 4 is 44.6 Å². The van der Waals surface area contributed by atoms with E-state index in [-0.39, 0.29) is 50.1 Å². The van der Waals surface area contributed by atoms with Gasteiger partial charge in [0.15, 0.2) is 0 Å². The molecule has 4 amide bonds. The first-order chi connectivity index (χ1) is 25.1. The van der Waals surface area contributed by atoms with Gasteiger partial charge in [-0.2, -0.15) is 4.98 Å². The number of benzene rings is 1. The van der Waals surface area contributed by atoms with Crippen LogP contribution in [-0.2, 0) is 24.4 Å². The number of rotatable bonds is 9. The smallest absolute Gasteiger partial charge is 0.405 e. The Morgan fingerprint density at radius 3 is 2.58 bits per heavy atom. The quantitative estimate of drug-likeness (QED) is 0.273. The van der Waals surface area contributed by atoms with Crippen LogP contribution < -0.4 is 24.8 Å². The Bertz CT molecular complexity index is 1900. The minimum Gasteiger partial charge on any atom is -0.475 e. The number of carboxylic acid groups (broad SMARTS) is 1. The Balaban J connectivity index is 1.35. The third-order valence-corrected chi connectivity index (χ3v) is 13.0. The van der Waals surface area contributed by atoms with Crippen LogP contribution in [-0.4, -0.2) is 95.0 Å². The average molecular weight is 758 g/mol. The van der Waals surface area contributed by atoms with Gasteiger partial charge in [0.05, 0.1) is 12.6 Å². The van der Waals surface area contributed by atoms with Gasteiger partial charge in [-0.15, -0.1) is 0 Å². The molecule has 14 nitrogen and oxygen atoms in total. The van der Waals surface area contributed by atoms with E-state index in [4.69, 9.17) is 9.47 Å². The largest absolute Gasteiger partial charge is 0.475 e. The van der Waals surface area contributed by atoms with E-state index in [1.54, 1.807) is 19.1 Å². The molecule has 6 rings (SSSR count). The Hall–Kier alpha value is -4.47. The number of ether oxygens (including phenoxy) is 2. The van der Waals surface area contributed by atoms with Crippen LogP contribution in [0.25, 0.3) is 10.8 Å². The van der Waals surface area contributed by atoms with Crippen LogP contribution in [0.1, 0.15) is 72.6 Å². The number of fused-ring (bicyclic) bond motifs is 3. The van der Waals surface area contributed by atoms with E-state index in [2.05, 4.69) is 20.3 Å². The molecule has 0 radical (unpaired) electrons. The second kappa shape index (κ2) is 14.7. The minimum atomic E-state index is -4.39. The average Bonchev–Trinajstić information content (AvgIpc) is 3.99. The predicted octanol–water partition coefficient (Wildman–Crippen LogP) is 3.84. The van der Waals surface area contributed by atoms with Crippen LogP contribution in [0.3, 0.4) is 0 Å². The van der Waals surface area contributed by atoms with Crippen molar-refractivity contribution in [1.29, 1.82) is 0 Å². The van der Waals surface area contributed by atoms with E-state index in [9.17, 15) is 37.1 Å². The molecular formula is C37H48FN5O9S. The van der Waals surface area contributed by atoms with Gasteiger partial charge in [0.25, 0.3) is 5.91 Å². The molecule has 1 aromatic heterocycles. The second-order valence-electron chi connectivity index (χ2n) is 15.4. The molecule has 2 aliphatic carbocycles. The number of sulfonamides is 1. The molecule has 288 valence electrons. The van der Waals surface area contributed by atoms with Gasteiger partial charge in [0.1, 0.15) is 35.1 Å². The number of hydrogen-bond acceptors (Lipinski definition) is 9. The number of alkyl halides is 1. The lowest BCUT2D eigenvalue weighted by Gasteiger charge is -2.32. The molecule has 3 fully saturated rings. The van der Waals surface area contributed by atoms with Crippen molar-refractivity contribution in [3.63, 3.8) is 0 Å². The highest BCUT2D eigenvalue weighted by Crippen LogP contribution is 2.48. The molecule has 16 heteroatoms. The molecule has 4 N–H and O–H groups in total. The predicted molar refractivity (Wildman–Crippen MR) is 192 cm³/mol. The first-order valence-electron chi connectivity index (χ1n) is 18.2. The SMILES string of the molecule is CC(C)Oc1cc2ccccc2c(O[C@@H]2C[C@H]3C(=O)N[C@]4(C(=O)NS(=O)(=O)C5(CF)CC5)C[C@H]4/C=C\CC[C@@H](C)C[C@@H](C)[C@H](NC(=O)O)C(=O)N3C2)n1. The fourth-order valence-electron chi connectivity index (χ4n) is 7.58. The van der Waals surface area contributed by atoms with Crippen LogP contribution in [0.2, 0.25) is 0 Å². The summed E-state index contributed by atoms with van der Waals surface area (Å²) in [4.78, 5) is 60.4. The van der Waals surface area contributed by atoms with Crippen LogP contribution in [0.15, 0.2) is 42.5 Å². The minimum absolute atomic E-state index is 0.0467. The maximum Gasteiger partial charge on any atom is 0.405 e. The zero-order valence-electron chi connectivity index (χ0n) is 30.3. The van der Waals surface area contributed by atoms with E-state index in [0.29, 0.717) is 30.5 Å². The Morgan fingerprint density at radius 2 is 1.91 bits per heavy atom. The summed E-state index contributed by atoms with van der Waals surface area (Å²) in [5.41, 5.74) is -1.67. The van der Waals surface area contributed by atoms with Crippen molar-refractivity contribution < 1.29 is 46.6 Å². The van der Waals surface area contributed by atoms with Gasteiger partial charge in [0.2, 0.25) is 33.6 Å². The number of carbonyl (C=O) groups is 4. The maximum atomic E-state index is 14.4. The van der Waals surface area contributed by atoms with Gasteiger partial charge in [0, 0.05) is 23.8 Å². The highest BCUT2D eigenvalue weighted by molar-refractivity contribution is 7.91.